The second-order valence-electron chi connectivity index (χ2n) is 8.81. The third-order valence-electron chi connectivity index (χ3n) is 5.95. The number of ether oxygens (including phenoxy) is 2. The molecule has 0 unspecified atom stereocenters. The monoisotopic (exact) mass is 604 g/mol. The number of hydrogen-bond acceptors (Lipinski definition) is 6. The fourth-order valence-corrected chi connectivity index (χ4v) is 5.19. The number of benzene rings is 4. The SMILES string of the molecule is O=C(Nc1cccc(SCC(=O)c2ccc3c(c2)OCO3)c1)/C(=C/c1ccc(Cl)cc1Cl)NC(=O)c1ccccc1. The summed E-state index contributed by atoms with van der Waals surface area (Å²) in [4.78, 5) is 39.8. The molecule has 4 aromatic rings. The highest BCUT2D eigenvalue weighted by molar-refractivity contribution is 8.00. The number of thioether (sulfide) groups is 1. The largest absolute Gasteiger partial charge is 0.454 e. The van der Waals surface area contributed by atoms with Crippen LogP contribution in [0, 0.1) is 0 Å². The summed E-state index contributed by atoms with van der Waals surface area (Å²) in [5.41, 5.74) is 1.88. The molecule has 10 heteroatoms. The fourth-order valence-electron chi connectivity index (χ4n) is 3.88. The number of hydrogen-bond donors (Lipinski definition) is 2. The Bertz CT molecular complexity index is 1660. The number of anilines is 1. The Kier molecular flexibility index (Phi) is 8.94. The number of carbonyl (C=O) groups excluding carboxylic acids is 3. The fraction of sp³-hybridized carbons (Fsp3) is 0.0645. The summed E-state index contributed by atoms with van der Waals surface area (Å²) in [6.45, 7) is 0.139. The van der Waals surface area contributed by atoms with Gasteiger partial charge in [-0.3, -0.25) is 14.4 Å². The topological polar surface area (TPSA) is 93.7 Å². The van der Waals surface area contributed by atoms with Crippen LogP contribution in [-0.4, -0.2) is 30.1 Å². The number of nitrogens with one attached hydrogen (secondary N) is 2. The van der Waals surface area contributed by atoms with Crippen molar-refractivity contribution in [1.29, 1.82) is 0 Å². The Balaban J connectivity index is 1.30. The van der Waals surface area contributed by atoms with Gasteiger partial charge in [-0.1, -0.05) is 53.5 Å². The van der Waals surface area contributed by atoms with Crippen molar-refractivity contribution in [3.8, 4) is 11.5 Å². The third-order valence-corrected chi connectivity index (χ3v) is 7.50. The number of carbonyl (C=O) groups is 3. The van der Waals surface area contributed by atoms with Gasteiger partial charge in [0.2, 0.25) is 6.79 Å². The average Bonchev–Trinajstić information content (AvgIpc) is 3.45. The van der Waals surface area contributed by atoms with Gasteiger partial charge in [0.1, 0.15) is 5.70 Å². The van der Waals surface area contributed by atoms with Gasteiger partial charge in [0.15, 0.2) is 17.3 Å². The Labute approximate surface area is 250 Å². The zero-order valence-electron chi connectivity index (χ0n) is 21.4. The minimum atomic E-state index is -0.557. The summed E-state index contributed by atoms with van der Waals surface area (Å²) in [5, 5.41) is 6.27. The highest BCUT2D eigenvalue weighted by Crippen LogP contribution is 2.33. The van der Waals surface area contributed by atoms with Gasteiger partial charge in [-0.25, -0.2) is 0 Å². The summed E-state index contributed by atoms with van der Waals surface area (Å²) in [6, 6.07) is 25.6. The molecule has 5 rings (SSSR count). The van der Waals surface area contributed by atoms with Crippen LogP contribution in [0.1, 0.15) is 26.3 Å². The van der Waals surface area contributed by atoms with Crippen LogP contribution in [0.3, 0.4) is 0 Å². The highest BCUT2D eigenvalue weighted by Gasteiger charge is 2.18. The van der Waals surface area contributed by atoms with Crippen LogP contribution < -0.4 is 20.1 Å². The lowest BCUT2D eigenvalue weighted by Gasteiger charge is -2.13. The van der Waals surface area contributed by atoms with Crippen molar-refractivity contribution in [2.75, 3.05) is 17.9 Å². The molecule has 1 aliphatic heterocycles. The predicted octanol–water partition coefficient (Wildman–Crippen LogP) is 7.11. The first-order valence-corrected chi connectivity index (χ1v) is 14.1. The van der Waals surface area contributed by atoms with Gasteiger partial charge < -0.3 is 20.1 Å². The van der Waals surface area contributed by atoms with Crippen molar-refractivity contribution in [2.45, 2.75) is 4.90 Å². The van der Waals surface area contributed by atoms with E-state index in [0.717, 1.165) is 4.90 Å². The summed E-state index contributed by atoms with van der Waals surface area (Å²) in [7, 11) is 0. The van der Waals surface area contributed by atoms with Crippen LogP contribution in [0.2, 0.25) is 10.0 Å². The smallest absolute Gasteiger partial charge is 0.272 e. The molecule has 2 amide bonds. The van der Waals surface area contributed by atoms with Crippen LogP contribution in [0.15, 0.2) is 102 Å². The van der Waals surface area contributed by atoms with Gasteiger partial charge in [0.25, 0.3) is 11.8 Å². The minimum absolute atomic E-state index is 0.0147. The number of amides is 2. The van der Waals surface area contributed by atoms with Crippen LogP contribution in [0.5, 0.6) is 11.5 Å². The summed E-state index contributed by atoms with van der Waals surface area (Å²) in [6.07, 6.45) is 1.48. The molecule has 41 heavy (non-hydrogen) atoms. The summed E-state index contributed by atoms with van der Waals surface area (Å²) < 4.78 is 10.7. The van der Waals surface area contributed by atoms with E-state index in [1.807, 2.05) is 6.07 Å². The van der Waals surface area contributed by atoms with E-state index in [0.29, 0.717) is 43.9 Å². The first-order chi connectivity index (χ1) is 19.9. The van der Waals surface area contributed by atoms with Gasteiger partial charge in [-0.05, 0) is 72.3 Å². The molecule has 0 spiro atoms. The quantitative estimate of drug-likeness (QED) is 0.120. The molecule has 7 nitrogen and oxygen atoms in total. The minimum Gasteiger partial charge on any atom is -0.454 e. The molecular weight excluding hydrogens is 583 g/mol. The zero-order chi connectivity index (χ0) is 28.8. The lowest BCUT2D eigenvalue weighted by atomic mass is 10.1. The average molecular weight is 605 g/mol. The molecule has 1 aliphatic rings. The molecular formula is C31H22Cl2N2O5S. The lowest BCUT2D eigenvalue weighted by molar-refractivity contribution is -0.113. The van der Waals surface area contributed by atoms with Crippen LogP contribution >= 0.6 is 35.0 Å². The second-order valence-corrected chi connectivity index (χ2v) is 10.7. The Morgan fingerprint density at radius 1 is 0.829 bits per heavy atom. The predicted molar refractivity (Wildman–Crippen MR) is 161 cm³/mol. The molecule has 0 fully saturated rings. The molecule has 2 N–H and O–H groups in total. The Morgan fingerprint density at radius 3 is 2.44 bits per heavy atom. The van der Waals surface area contributed by atoms with Gasteiger partial charge >= 0.3 is 0 Å². The van der Waals surface area contributed by atoms with Crippen molar-refractivity contribution >= 4 is 64.3 Å². The first kappa shape index (κ1) is 28.3. The standard InChI is InChI=1S/C31H22Cl2N2O5S/c32-22-11-9-20(25(33)15-22)13-26(35-30(37)19-5-2-1-3-6-19)31(38)34-23-7-4-8-24(16-23)41-17-27(36)21-10-12-28-29(14-21)40-18-39-28/h1-16H,17-18H2,(H,34,38)(H,35,37)/b26-13-. The van der Waals surface area contributed by atoms with Crippen molar-refractivity contribution in [2.24, 2.45) is 0 Å². The molecule has 0 saturated carbocycles. The maximum Gasteiger partial charge on any atom is 0.272 e. The van der Waals surface area contributed by atoms with E-state index in [9.17, 15) is 14.4 Å². The molecule has 0 bridgehead atoms. The molecule has 0 aromatic heterocycles. The number of ketones is 1. The number of rotatable bonds is 9. The van der Waals surface area contributed by atoms with Crippen molar-refractivity contribution < 1.29 is 23.9 Å². The molecule has 0 radical (unpaired) electrons. The number of Topliss-reactive ketones (excluding diaryl/α,β-unsaturated/α-hetero) is 1. The van der Waals surface area contributed by atoms with Gasteiger partial charge in [0, 0.05) is 31.8 Å². The summed E-state index contributed by atoms with van der Waals surface area (Å²) in [5.74, 6) is 0.265. The Hall–Kier alpha value is -4.24. The van der Waals surface area contributed by atoms with E-state index < -0.39 is 11.8 Å². The van der Waals surface area contributed by atoms with Crippen LogP contribution in [-0.2, 0) is 4.79 Å². The summed E-state index contributed by atoms with van der Waals surface area (Å²) >= 11 is 13.7. The number of fused-ring (bicyclic) bond motifs is 1. The molecule has 0 saturated heterocycles. The maximum atomic E-state index is 13.4. The molecule has 0 aliphatic carbocycles. The zero-order valence-corrected chi connectivity index (χ0v) is 23.7. The number of halogens is 2. The van der Waals surface area contributed by atoms with E-state index in [1.54, 1.807) is 84.9 Å². The Morgan fingerprint density at radius 2 is 1.63 bits per heavy atom. The molecule has 0 atom stereocenters. The lowest BCUT2D eigenvalue weighted by Crippen LogP contribution is -2.30. The normalized spacial score (nSPS) is 12.1. The maximum absolute atomic E-state index is 13.4. The van der Waals surface area contributed by atoms with E-state index in [1.165, 1.54) is 17.8 Å². The van der Waals surface area contributed by atoms with E-state index in [4.69, 9.17) is 32.7 Å². The van der Waals surface area contributed by atoms with E-state index >= 15 is 0 Å². The van der Waals surface area contributed by atoms with Gasteiger partial charge in [0.05, 0.1) is 5.75 Å². The van der Waals surface area contributed by atoms with E-state index in [-0.39, 0.29) is 24.0 Å². The van der Waals surface area contributed by atoms with Crippen molar-refractivity contribution in [3.05, 3.63) is 123 Å². The van der Waals surface area contributed by atoms with Crippen LogP contribution in [0.4, 0.5) is 5.69 Å². The van der Waals surface area contributed by atoms with Crippen molar-refractivity contribution in [1.82, 2.24) is 5.32 Å². The van der Waals surface area contributed by atoms with E-state index in [2.05, 4.69) is 10.6 Å². The second kappa shape index (κ2) is 13.0. The molecule has 1 heterocycles. The highest BCUT2D eigenvalue weighted by atomic mass is 35.5. The van der Waals surface area contributed by atoms with Crippen molar-refractivity contribution in [3.63, 3.8) is 0 Å². The third kappa shape index (κ3) is 7.29. The molecule has 206 valence electrons. The van der Waals surface area contributed by atoms with Crippen LogP contribution in [0.25, 0.3) is 6.08 Å². The molecule has 4 aromatic carbocycles. The van der Waals surface area contributed by atoms with Gasteiger partial charge in [-0.15, -0.1) is 11.8 Å². The van der Waals surface area contributed by atoms with Gasteiger partial charge in [-0.2, -0.15) is 0 Å². The first-order valence-electron chi connectivity index (χ1n) is 12.4.